The molecule has 164 valence electrons. The molecule has 3 rings (SSSR count). The molecule has 0 fully saturated rings. The SMILES string of the molecule is CCn1c(CSCc2ccc(Cl)cc2Cl)nnc1SCC(=O)Nc1ccc(Cl)cc1C. The second-order valence-corrected chi connectivity index (χ2v) is 9.88. The first kappa shape index (κ1) is 24.3. The Morgan fingerprint density at radius 1 is 1.06 bits per heavy atom. The number of hydrogen-bond donors (Lipinski definition) is 1. The van der Waals surface area contributed by atoms with Gasteiger partial charge < -0.3 is 9.88 Å². The smallest absolute Gasteiger partial charge is 0.234 e. The molecule has 0 saturated carbocycles. The van der Waals surface area contributed by atoms with Crippen LogP contribution in [-0.4, -0.2) is 26.4 Å². The quantitative estimate of drug-likeness (QED) is 0.320. The third-order valence-electron chi connectivity index (χ3n) is 4.41. The zero-order valence-electron chi connectivity index (χ0n) is 17.0. The number of rotatable bonds is 9. The van der Waals surface area contributed by atoms with Gasteiger partial charge in [0.05, 0.1) is 11.5 Å². The summed E-state index contributed by atoms with van der Waals surface area (Å²) in [6, 6.07) is 10.9. The number of benzene rings is 2. The summed E-state index contributed by atoms with van der Waals surface area (Å²) < 4.78 is 2.03. The minimum Gasteiger partial charge on any atom is -0.325 e. The molecule has 0 unspecified atom stereocenters. The van der Waals surface area contributed by atoms with Crippen molar-refractivity contribution in [2.45, 2.75) is 37.1 Å². The highest BCUT2D eigenvalue weighted by Gasteiger charge is 2.14. The Labute approximate surface area is 205 Å². The average Bonchev–Trinajstić information content (AvgIpc) is 3.12. The van der Waals surface area contributed by atoms with Crippen LogP contribution in [0.1, 0.15) is 23.9 Å². The number of thioether (sulfide) groups is 2. The van der Waals surface area contributed by atoms with Crippen molar-refractivity contribution in [3.8, 4) is 0 Å². The summed E-state index contributed by atoms with van der Waals surface area (Å²) in [6.07, 6.45) is 0. The van der Waals surface area contributed by atoms with E-state index >= 15 is 0 Å². The van der Waals surface area contributed by atoms with Crippen molar-refractivity contribution in [2.24, 2.45) is 0 Å². The standard InChI is InChI=1S/C21H21Cl3N4OS2/c1-3-28-19(11-30-10-14-4-5-16(23)9-17(14)24)26-27-21(28)31-12-20(29)25-18-7-6-15(22)8-13(18)2/h4-9H,3,10-12H2,1-2H3,(H,25,29). The summed E-state index contributed by atoms with van der Waals surface area (Å²) in [5.74, 6) is 2.45. The van der Waals surface area contributed by atoms with E-state index in [9.17, 15) is 4.79 Å². The Kier molecular flexibility index (Phi) is 8.98. The molecule has 10 heteroatoms. The molecular formula is C21H21Cl3N4OS2. The Morgan fingerprint density at radius 3 is 2.52 bits per heavy atom. The molecule has 0 atom stereocenters. The van der Waals surface area contributed by atoms with Crippen LogP contribution < -0.4 is 5.32 Å². The third kappa shape index (κ3) is 6.80. The largest absolute Gasteiger partial charge is 0.325 e. The fourth-order valence-corrected chi connectivity index (χ4v) is 5.40. The van der Waals surface area contributed by atoms with Crippen LogP contribution in [0.2, 0.25) is 15.1 Å². The lowest BCUT2D eigenvalue weighted by atomic mass is 10.2. The van der Waals surface area contributed by atoms with Crippen molar-refractivity contribution in [2.75, 3.05) is 11.1 Å². The van der Waals surface area contributed by atoms with Gasteiger partial charge in [0, 0.05) is 33.1 Å². The molecule has 1 amide bonds. The Bertz CT molecular complexity index is 1070. The summed E-state index contributed by atoms with van der Waals surface area (Å²) in [7, 11) is 0. The number of aromatic nitrogens is 3. The van der Waals surface area contributed by atoms with E-state index in [2.05, 4.69) is 15.5 Å². The van der Waals surface area contributed by atoms with Crippen LogP contribution in [0.15, 0.2) is 41.6 Å². The lowest BCUT2D eigenvalue weighted by molar-refractivity contribution is -0.113. The second kappa shape index (κ2) is 11.5. The lowest BCUT2D eigenvalue weighted by Crippen LogP contribution is -2.15. The van der Waals surface area contributed by atoms with Crippen LogP contribution in [-0.2, 0) is 22.8 Å². The van der Waals surface area contributed by atoms with Crippen molar-refractivity contribution in [1.82, 2.24) is 14.8 Å². The maximum Gasteiger partial charge on any atom is 0.234 e. The second-order valence-electron chi connectivity index (χ2n) is 6.67. The van der Waals surface area contributed by atoms with Gasteiger partial charge in [0.2, 0.25) is 5.91 Å². The molecule has 1 N–H and O–H groups in total. The van der Waals surface area contributed by atoms with Gasteiger partial charge in [-0.1, -0.05) is 52.6 Å². The van der Waals surface area contributed by atoms with E-state index in [-0.39, 0.29) is 11.7 Å². The zero-order chi connectivity index (χ0) is 22.4. The normalized spacial score (nSPS) is 11.0. The molecule has 0 radical (unpaired) electrons. The summed E-state index contributed by atoms with van der Waals surface area (Å²) in [5.41, 5.74) is 2.70. The average molecular weight is 516 g/mol. The van der Waals surface area contributed by atoms with Gasteiger partial charge in [-0.05, 0) is 55.3 Å². The number of hydrogen-bond acceptors (Lipinski definition) is 5. The van der Waals surface area contributed by atoms with Crippen LogP contribution in [0.5, 0.6) is 0 Å². The Hall–Kier alpha value is -1.38. The van der Waals surface area contributed by atoms with Crippen molar-refractivity contribution in [3.05, 3.63) is 68.4 Å². The Morgan fingerprint density at radius 2 is 1.81 bits per heavy atom. The van der Waals surface area contributed by atoms with Gasteiger partial charge in [-0.3, -0.25) is 4.79 Å². The summed E-state index contributed by atoms with van der Waals surface area (Å²) in [4.78, 5) is 12.4. The third-order valence-corrected chi connectivity index (χ3v) is 7.17. The predicted molar refractivity (Wildman–Crippen MR) is 133 cm³/mol. The van der Waals surface area contributed by atoms with Gasteiger partial charge in [-0.25, -0.2) is 0 Å². The topological polar surface area (TPSA) is 59.8 Å². The van der Waals surface area contributed by atoms with Gasteiger partial charge in [0.15, 0.2) is 5.16 Å². The fraction of sp³-hybridized carbons (Fsp3) is 0.286. The molecule has 1 aromatic heterocycles. The number of nitrogens with zero attached hydrogens (tertiary/aromatic N) is 3. The van der Waals surface area contributed by atoms with Crippen molar-refractivity contribution in [1.29, 1.82) is 0 Å². The number of carbonyl (C=O) groups excluding carboxylic acids is 1. The highest BCUT2D eigenvalue weighted by Crippen LogP contribution is 2.27. The van der Waals surface area contributed by atoms with Crippen LogP contribution in [0.3, 0.4) is 0 Å². The van der Waals surface area contributed by atoms with Gasteiger partial charge >= 0.3 is 0 Å². The maximum atomic E-state index is 12.4. The number of halogens is 3. The molecule has 3 aromatic rings. The highest BCUT2D eigenvalue weighted by atomic mass is 35.5. The molecule has 0 bridgehead atoms. The monoisotopic (exact) mass is 514 g/mol. The Balaban J connectivity index is 1.54. The van der Waals surface area contributed by atoms with Crippen molar-refractivity contribution < 1.29 is 4.79 Å². The van der Waals surface area contributed by atoms with E-state index in [1.165, 1.54) is 11.8 Å². The molecule has 0 aliphatic carbocycles. The minimum atomic E-state index is -0.102. The molecule has 31 heavy (non-hydrogen) atoms. The number of nitrogens with one attached hydrogen (secondary N) is 1. The van der Waals surface area contributed by atoms with E-state index in [4.69, 9.17) is 34.8 Å². The first-order valence-corrected chi connectivity index (χ1v) is 12.8. The molecule has 0 aliphatic rings. The summed E-state index contributed by atoms with van der Waals surface area (Å²) >= 11 is 21.2. The van der Waals surface area contributed by atoms with Gasteiger partial charge in [0.25, 0.3) is 0 Å². The lowest BCUT2D eigenvalue weighted by Gasteiger charge is -2.10. The number of anilines is 1. The first-order chi connectivity index (χ1) is 14.9. The highest BCUT2D eigenvalue weighted by molar-refractivity contribution is 7.99. The first-order valence-electron chi connectivity index (χ1n) is 9.50. The van der Waals surface area contributed by atoms with Crippen molar-refractivity contribution in [3.63, 3.8) is 0 Å². The molecule has 5 nitrogen and oxygen atoms in total. The molecule has 2 aromatic carbocycles. The summed E-state index contributed by atoms with van der Waals surface area (Å²) in [6.45, 7) is 4.67. The zero-order valence-corrected chi connectivity index (χ0v) is 20.9. The molecule has 0 aliphatic heterocycles. The van der Waals surface area contributed by atoms with E-state index in [0.717, 1.165) is 40.1 Å². The van der Waals surface area contributed by atoms with Gasteiger partial charge in [-0.15, -0.1) is 22.0 Å². The van der Waals surface area contributed by atoms with E-state index in [1.807, 2.05) is 36.6 Å². The van der Waals surface area contributed by atoms with Crippen LogP contribution in [0.25, 0.3) is 0 Å². The molecule has 0 saturated heterocycles. The predicted octanol–water partition coefficient (Wildman–Crippen LogP) is 6.73. The van der Waals surface area contributed by atoms with Gasteiger partial charge in [-0.2, -0.15) is 0 Å². The number of amides is 1. The number of aryl methyl sites for hydroxylation is 1. The molecule has 1 heterocycles. The molecular weight excluding hydrogens is 495 g/mol. The minimum absolute atomic E-state index is 0.102. The molecule has 0 spiro atoms. The van der Waals surface area contributed by atoms with Crippen LogP contribution in [0.4, 0.5) is 5.69 Å². The maximum absolute atomic E-state index is 12.4. The van der Waals surface area contributed by atoms with E-state index < -0.39 is 0 Å². The van der Waals surface area contributed by atoms with Crippen LogP contribution in [0, 0.1) is 6.92 Å². The summed E-state index contributed by atoms with van der Waals surface area (Å²) in [5, 5.41) is 14.2. The number of carbonyl (C=O) groups is 1. The van der Waals surface area contributed by atoms with Crippen LogP contribution >= 0.6 is 58.3 Å². The van der Waals surface area contributed by atoms with Crippen molar-refractivity contribution >= 4 is 69.9 Å². The van der Waals surface area contributed by atoms with E-state index in [0.29, 0.717) is 20.8 Å². The van der Waals surface area contributed by atoms with Gasteiger partial charge in [0.1, 0.15) is 5.82 Å². The van der Waals surface area contributed by atoms with E-state index in [1.54, 1.807) is 30.0 Å². The fourth-order valence-electron chi connectivity index (χ4n) is 2.82.